The van der Waals surface area contributed by atoms with E-state index in [-0.39, 0.29) is 5.91 Å². The highest BCUT2D eigenvalue weighted by Gasteiger charge is 2.23. The van der Waals surface area contributed by atoms with Crippen molar-refractivity contribution in [3.63, 3.8) is 0 Å². The highest BCUT2D eigenvalue weighted by atomic mass is 19.2. The van der Waals surface area contributed by atoms with Crippen LogP contribution >= 0.6 is 0 Å². The first-order valence-electron chi connectivity index (χ1n) is 4.64. The van der Waals surface area contributed by atoms with Crippen molar-refractivity contribution in [2.75, 3.05) is 13.1 Å². The van der Waals surface area contributed by atoms with Gasteiger partial charge in [-0.3, -0.25) is 4.79 Å². The molecule has 1 fully saturated rings. The number of piperazine rings is 1. The van der Waals surface area contributed by atoms with Gasteiger partial charge in [0.1, 0.15) is 6.04 Å². The van der Waals surface area contributed by atoms with Crippen molar-refractivity contribution < 1.29 is 13.6 Å². The van der Waals surface area contributed by atoms with Gasteiger partial charge in [0.05, 0.1) is 0 Å². The fourth-order valence-corrected chi connectivity index (χ4v) is 1.56. The van der Waals surface area contributed by atoms with Gasteiger partial charge in [0.25, 0.3) is 0 Å². The number of halogens is 2. The Kier molecular flexibility index (Phi) is 2.64. The minimum absolute atomic E-state index is 0.216. The summed E-state index contributed by atoms with van der Waals surface area (Å²) in [6.07, 6.45) is 0. The van der Waals surface area contributed by atoms with Crippen molar-refractivity contribution in [1.82, 2.24) is 10.6 Å². The van der Waals surface area contributed by atoms with Crippen LogP contribution in [0.15, 0.2) is 18.2 Å². The number of rotatable bonds is 1. The van der Waals surface area contributed by atoms with Gasteiger partial charge in [-0.25, -0.2) is 8.78 Å². The molecule has 1 aromatic rings. The summed E-state index contributed by atoms with van der Waals surface area (Å²) < 4.78 is 25.6. The molecule has 5 heteroatoms. The third-order valence-corrected chi connectivity index (χ3v) is 2.31. The summed E-state index contributed by atoms with van der Waals surface area (Å²) in [7, 11) is 0. The molecule has 1 amide bonds. The predicted octanol–water partition coefficient (Wildman–Crippen LogP) is 0.725. The minimum atomic E-state index is -0.937. The van der Waals surface area contributed by atoms with Crippen molar-refractivity contribution >= 4 is 5.91 Å². The SMILES string of the molecule is O=C1NCCN[C@H]1c1ccc(F)c(F)c1. The molecule has 1 aliphatic heterocycles. The van der Waals surface area contributed by atoms with E-state index in [0.29, 0.717) is 18.7 Å². The number of carbonyl (C=O) groups excluding carboxylic acids is 1. The van der Waals surface area contributed by atoms with E-state index in [2.05, 4.69) is 10.6 Å². The Morgan fingerprint density at radius 1 is 1.20 bits per heavy atom. The highest BCUT2D eigenvalue weighted by molar-refractivity contribution is 5.83. The molecule has 15 heavy (non-hydrogen) atoms. The molecule has 0 aliphatic carbocycles. The average molecular weight is 212 g/mol. The van der Waals surface area contributed by atoms with Crippen LogP contribution in [0, 0.1) is 11.6 Å². The first kappa shape index (κ1) is 10.0. The van der Waals surface area contributed by atoms with Crippen molar-refractivity contribution in [3.8, 4) is 0 Å². The van der Waals surface area contributed by atoms with Gasteiger partial charge < -0.3 is 10.6 Å². The van der Waals surface area contributed by atoms with E-state index >= 15 is 0 Å². The van der Waals surface area contributed by atoms with Crippen LogP contribution in [0.1, 0.15) is 11.6 Å². The van der Waals surface area contributed by atoms with Crippen LogP contribution in [0.4, 0.5) is 8.78 Å². The Labute approximate surface area is 85.5 Å². The first-order valence-corrected chi connectivity index (χ1v) is 4.64. The summed E-state index contributed by atoms with van der Waals surface area (Å²) >= 11 is 0. The normalized spacial score (nSPS) is 21.2. The number of hydrogen-bond donors (Lipinski definition) is 2. The van der Waals surface area contributed by atoms with Gasteiger partial charge in [0.2, 0.25) is 5.91 Å². The van der Waals surface area contributed by atoms with Crippen molar-refractivity contribution in [2.24, 2.45) is 0 Å². The Morgan fingerprint density at radius 2 is 2.00 bits per heavy atom. The second-order valence-corrected chi connectivity index (χ2v) is 3.35. The maximum Gasteiger partial charge on any atom is 0.241 e. The lowest BCUT2D eigenvalue weighted by molar-refractivity contribution is -0.124. The molecule has 0 bridgehead atoms. The largest absolute Gasteiger partial charge is 0.353 e. The van der Waals surface area contributed by atoms with E-state index in [1.54, 1.807) is 0 Å². The van der Waals surface area contributed by atoms with E-state index in [1.807, 2.05) is 0 Å². The van der Waals surface area contributed by atoms with Gasteiger partial charge in [0.15, 0.2) is 11.6 Å². The lowest BCUT2D eigenvalue weighted by atomic mass is 10.0. The Morgan fingerprint density at radius 3 is 2.67 bits per heavy atom. The van der Waals surface area contributed by atoms with E-state index in [1.165, 1.54) is 6.07 Å². The van der Waals surface area contributed by atoms with Crippen LogP contribution in [0.5, 0.6) is 0 Å². The molecule has 0 aromatic heterocycles. The molecule has 2 rings (SSSR count). The molecule has 3 nitrogen and oxygen atoms in total. The summed E-state index contributed by atoms with van der Waals surface area (Å²) in [5, 5.41) is 5.58. The smallest absolute Gasteiger partial charge is 0.241 e. The van der Waals surface area contributed by atoms with Gasteiger partial charge in [-0.2, -0.15) is 0 Å². The van der Waals surface area contributed by atoms with Gasteiger partial charge in [0, 0.05) is 13.1 Å². The second-order valence-electron chi connectivity index (χ2n) is 3.35. The lowest BCUT2D eigenvalue weighted by Gasteiger charge is -2.23. The molecule has 1 atom stereocenters. The van der Waals surface area contributed by atoms with Crippen LogP contribution in [-0.4, -0.2) is 19.0 Å². The van der Waals surface area contributed by atoms with Gasteiger partial charge in [-0.15, -0.1) is 0 Å². The van der Waals surface area contributed by atoms with Crippen molar-refractivity contribution in [2.45, 2.75) is 6.04 Å². The Bertz CT molecular complexity index is 395. The van der Waals surface area contributed by atoms with Crippen molar-refractivity contribution in [3.05, 3.63) is 35.4 Å². The van der Waals surface area contributed by atoms with Crippen LogP contribution in [-0.2, 0) is 4.79 Å². The summed E-state index contributed by atoms with van der Waals surface area (Å²) in [5.74, 6) is -2.06. The average Bonchev–Trinajstić information content (AvgIpc) is 2.23. The second kappa shape index (κ2) is 3.94. The number of benzene rings is 1. The molecular formula is C10H10F2N2O. The molecule has 0 spiro atoms. The molecule has 2 N–H and O–H groups in total. The Balaban J connectivity index is 2.28. The molecule has 1 saturated heterocycles. The Hall–Kier alpha value is -1.49. The van der Waals surface area contributed by atoms with E-state index in [4.69, 9.17) is 0 Å². The summed E-state index contributed by atoms with van der Waals surface area (Å²) in [6, 6.07) is 2.88. The first-order chi connectivity index (χ1) is 7.18. The predicted molar refractivity (Wildman–Crippen MR) is 50.1 cm³/mol. The molecule has 0 radical (unpaired) electrons. The van der Waals surface area contributed by atoms with Crippen LogP contribution in [0.3, 0.4) is 0 Å². The summed E-state index contributed by atoms with van der Waals surface area (Å²) in [5.41, 5.74) is 0.436. The van der Waals surface area contributed by atoms with E-state index < -0.39 is 17.7 Å². The topological polar surface area (TPSA) is 41.1 Å². The summed E-state index contributed by atoms with van der Waals surface area (Å²) in [6.45, 7) is 1.18. The monoisotopic (exact) mass is 212 g/mol. The third kappa shape index (κ3) is 1.97. The standard InChI is InChI=1S/C10H10F2N2O/c11-7-2-1-6(5-8(7)12)9-10(15)14-4-3-13-9/h1-2,5,9,13H,3-4H2,(H,14,15)/t9-/m0/s1. The molecule has 0 unspecified atom stereocenters. The van der Waals surface area contributed by atoms with Crippen LogP contribution < -0.4 is 10.6 Å². The zero-order valence-electron chi connectivity index (χ0n) is 7.89. The highest BCUT2D eigenvalue weighted by Crippen LogP contribution is 2.17. The quantitative estimate of drug-likeness (QED) is 0.720. The van der Waals surface area contributed by atoms with Crippen LogP contribution in [0.2, 0.25) is 0 Å². The zero-order valence-corrected chi connectivity index (χ0v) is 7.89. The van der Waals surface area contributed by atoms with Gasteiger partial charge >= 0.3 is 0 Å². The third-order valence-electron chi connectivity index (χ3n) is 2.31. The number of nitrogens with one attached hydrogen (secondary N) is 2. The van der Waals surface area contributed by atoms with E-state index in [0.717, 1.165) is 12.1 Å². The fourth-order valence-electron chi connectivity index (χ4n) is 1.56. The zero-order chi connectivity index (χ0) is 10.8. The van der Waals surface area contributed by atoms with Crippen molar-refractivity contribution in [1.29, 1.82) is 0 Å². The molecule has 1 aromatic carbocycles. The lowest BCUT2D eigenvalue weighted by Crippen LogP contribution is -2.47. The van der Waals surface area contributed by atoms with Crippen LogP contribution in [0.25, 0.3) is 0 Å². The molecule has 1 heterocycles. The summed E-state index contributed by atoms with van der Waals surface area (Å²) in [4.78, 5) is 11.4. The minimum Gasteiger partial charge on any atom is -0.353 e. The maximum absolute atomic E-state index is 12.9. The number of amides is 1. The molecular weight excluding hydrogens is 202 g/mol. The molecule has 80 valence electrons. The van der Waals surface area contributed by atoms with E-state index in [9.17, 15) is 13.6 Å². The number of hydrogen-bond acceptors (Lipinski definition) is 2. The molecule has 1 aliphatic rings. The fraction of sp³-hybridized carbons (Fsp3) is 0.300. The molecule has 0 saturated carbocycles. The van der Waals surface area contributed by atoms with Gasteiger partial charge in [-0.05, 0) is 17.7 Å². The van der Waals surface area contributed by atoms with Gasteiger partial charge in [-0.1, -0.05) is 6.07 Å². The number of carbonyl (C=O) groups is 1. The maximum atomic E-state index is 12.9.